The topological polar surface area (TPSA) is 191 Å². The zero-order valence-electron chi connectivity index (χ0n) is 24.7. The Morgan fingerprint density at radius 3 is 2.14 bits per heavy atom. The maximum atomic E-state index is 14.0. The van der Waals surface area contributed by atoms with E-state index in [0.717, 1.165) is 10.5 Å². The number of alkyl carbamates (subject to hydrolysis) is 1. The quantitative estimate of drug-likeness (QED) is 0.264. The fourth-order valence-corrected chi connectivity index (χ4v) is 4.96. The fourth-order valence-electron chi connectivity index (χ4n) is 4.96. The molecular weight excluding hydrogens is 556 g/mol. The van der Waals surface area contributed by atoms with Crippen LogP contribution in [0, 0.1) is 0 Å². The van der Waals surface area contributed by atoms with Gasteiger partial charge < -0.3 is 36.3 Å². The Bertz CT molecular complexity index is 1310. The first kappa shape index (κ1) is 33.2. The monoisotopic (exact) mass is 596 g/mol. The van der Waals surface area contributed by atoms with E-state index in [1.807, 2.05) is 30.3 Å². The number of nitrogens with two attached hydrogens (primary N) is 2. The minimum Gasteiger partial charge on any atom is -0.456 e. The van der Waals surface area contributed by atoms with E-state index in [0.29, 0.717) is 18.4 Å². The minimum atomic E-state index is -2.94. The van der Waals surface area contributed by atoms with Gasteiger partial charge in [-0.05, 0) is 51.2 Å². The van der Waals surface area contributed by atoms with Crippen LogP contribution in [0.15, 0.2) is 60.7 Å². The number of nitrogens with one attached hydrogen (secondary N) is 1. The first-order valence-electron chi connectivity index (χ1n) is 14.1. The third-order valence-electron chi connectivity index (χ3n) is 7.09. The number of aliphatic hydroxyl groups is 1. The largest absolute Gasteiger partial charge is 0.456 e. The van der Waals surface area contributed by atoms with Crippen molar-refractivity contribution in [3.05, 3.63) is 71.8 Å². The van der Waals surface area contributed by atoms with Crippen molar-refractivity contribution in [1.82, 2.24) is 10.2 Å². The molecule has 2 aromatic carbocycles. The molecule has 0 unspecified atom stereocenters. The number of Topliss-reactive ketones (excluding diaryl/α,β-unsaturated/α-hetero) is 1. The van der Waals surface area contributed by atoms with Crippen molar-refractivity contribution in [3.8, 4) is 0 Å². The second kappa shape index (κ2) is 13.8. The van der Waals surface area contributed by atoms with Crippen molar-refractivity contribution in [1.29, 1.82) is 0 Å². The van der Waals surface area contributed by atoms with Crippen LogP contribution in [0.4, 0.5) is 4.79 Å². The molecule has 3 atom stereocenters. The van der Waals surface area contributed by atoms with E-state index in [1.54, 1.807) is 51.1 Å². The van der Waals surface area contributed by atoms with E-state index in [9.17, 15) is 29.1 Å². The number of nitrogens with zero attached hydrogens (tertiary/aromatic N) is 1. The summed E-state index contributed by atoms with van der Waals surface area (Å²) in [5.41, 5.74) is 7.04. The van der Waals surface area contributed by atoms with Crippen molar-refractivity contribution in [2.24, 2.45) is 11.5 Å². The Balaban J connectivity index is 1.86. The van der Waals surface area contributed by atoms with E-state index in [4.69, 9.17) is 20.9 Å². The number of amides is 3. The Morgan fingerprint density at radius 2 is 1.58 bits per heavy atom. The van der Waals surface area contributed by atoms with Crippen LogP contribution in [0.1, 0.15) is 57.6 Å². The second-order valence-electron chi connectivity index (χ2n) is 11.6. The van der Waals surface area contributed by atoms with Gasteiger partial charge in [0.15, 0.2) is 5.78 Å². The number of esters is 1. The maximum absolute atomic E-state index is 14.0. The van der Waals surface area contributed by atoms with Gasteiger partial charge in [0.1, 0.15) is 23.8 Å². The second-order valence-corrected chi connectivity index (χ2v) is 11.6. The number of primary amides is 1. The van der Waals surface area contributed by atoms with Gasteiger partial charge in [-0.3, -0.25) is 14.4 Å². The predicted octanol–water partition coefficient (Wildman–Crippen LogP) is 1.71. The summed E-state index contributed by atoms with van der Waals surface area (Å²) in [6.45, 7) is 4.26. The number of carbonyl (C=O) groups is 5. The molecule has 0 bridgehead atoms. The Morgan fingerprint density at radius 1 is 1.00 bits per heavy atom. The fraction of sp³-hybridized carbons (Fsp3) is 0.452. The molecule has 3 rings (SSSR count). The molecule has 2 aromatic rings. The Kier molecular flexibility index (Phi) is 10.7. The van der Waals surface area contributed by atoms with Gasteiger partial charge in [0.05, 0.1) is 6.42 Å². The van der Waals surface area contributed by atoms with Crippen LogP contribution >= 0.6 is 0 Å². The first-order valence-corrected chi connectivity index (χ1v) is 14.1. The van der Waals surface area contributed by atoms with Gasteiger partial charge in [0, 0.05) is 13.0 Å². The molecule has 0 aromatic heterocycles. The molecule has 0 aliphatic carbocycles. The SMILES string of the molecule is CC(C)(C)OC(=O)[C@]1(O)N(C(=O)CCCc2ccccc2)CC[C@@]1(N)C(=O)[C@H](CC(N)=O)NC(=O)OCc1ccccc1. The number of hydrogen-bond acceptors (Lipinski definition) is 9. The van der Waals surface area contributed by atoms with Gasteiger partial charge in [-0.25, -0.2) is 9.59 Å². The highest BCUT2D eigenvalue weighted by Crippen LogP contribution is 2.39. The lowest BCUT2D eigenvalue weighted by Crippen LogP contribution is -2.74. The number of benzene rings is 2. The molecule has 0 spiro atoms. The van der Waals surface area contributed by atoms with Crippen LogP contribution in [-0.2, 0) is 41.7 Å². The summed E-state index contributed by atoms with van der Waals surface area (Å²) in [4.78, 5) is 66.3. The van der Waals surface area contributed by atoms with E-state index in [2.05, 4.69) is 5.32 Å². The van der Waals surface area contributed by atoms with E-state index in [-0.39, 0.29) is 26.0 Å². The lowest BCUT2D eigenvalue weighted by Gasteiger charge is -2.42. The number of ketones is 1. The normalized spacial score (nSPS) is 20.6. The number of carbonyl (C=O) groups excluding carboxylic acids is 5. The van der Waals surface area contributed by atoms with Gasteiger partial charge in [0.2, 0.25) is 11.8 Å². The summed E-state index contributed by atoms with van der Waals surface area (Å²) in [5, 5.41) is 14.2. The third-order valence-corrected chi connectivity index (χ3v) is 7.09. The number of ether oxygens (including phenoxy) is 2. The molecule has 6 N–H and O–H groups in total. The minimum absolute atomic E-state index is 0.0565. The smallest absolute Gasteiger partial charge is 0.408 e. The molecule has 12 heteroatoms. The Hall–Kier alpha value is -4.29. The van der Waals surface area contributed by atoms with E-state index in [1.165, 1.54) is 0 Å². The molecule has 232 valence electrons. The number of likely N-dealkylation sites (tertiary alicyclic amines) is 1. The summed E-state index contributed by atoms with van der Waals surface area (Å²) >= 11 is 0. The van der Waals surface area contributed by atoms with Crippen LogP contribution in [0.5, 0.6) is 0 Å². The highest BCUT2D eigenvalue weighted by atomic mass is 16.6. The summed E-state index contributed by atoms with van der Waals surface area (Å²) in [5.74, 6) is -3.98. The summed E-state index contributed by atoms with van der Waals surface area (Å²) in [6.07, 6.45) is -1.21. The van der Waals surface area contributed by atoms with Crippen LogP contribution in [-0.4, -0.2) is 69.1 Å². The first-order chi connectivity index (χ1) is 20.2. The van der Waals surface area contributed by atoms with Crippen molar-refractivity contribution in [3.63, 3.8) is 0 Å². The summed E-state index contributed by atoms with van der Waals surface area (Å²) in [7, 11) is 0. The molecule has 1 saturated heterocycles. The lowest BCUT2D eigenvalue weighted by molar-refractivity contribution is -0.207. The number of aryl methyl sites for hydroxylation is 1. The zero-order chi connectivity index (χ0) is 31.8. The van der Waals surface area contributed by atoms with Crippen molar-refractivity contribution >= 4 is 29.7 Å². The van der Waals surface area contributed by atoms with Crippen LogP contribution in [0.3, 0.4) is 0 Å². The van der Waals surface area contributed by atoms with Crippen molar-refractivity contribution < 1.29 is 38.6 Å². The molecule has 0 saturated carbocycles. The van der Waals surface area contributed by atoms with Gasteiger partial charge >= 0.3 is 12.1 Å². The van der Waals surface area contributed by atoms with Gasteiger partial charge in [0.25, 0.3) is 5.72 Å². The lowest BCUT2D eigenvalue weighted by atomic mass is 9.79. The number of hydrogen-bond donors (Lipinski definition) is 4. The molecule has 12 nitrogen and oxygen atoms in total. The van der Waals surface area contributed by atoms with Crippen molar-refractivity contribution in [2.75, 3.05) is 6.54 Å². The van der Waals surface area contributed by atoms with Crippen molar-refractivity contribution in [2.45, 2.75) is 82.4 Å². The summed E-state index contributed by atoms with van der Waals surface area (Å²) < 4.78 is 10.6. The molecule has 0 radical (unpaired) electrons. The molecule has 3 amide bonds. The van der Waals surface area contributed by atoms with E-state index >= 15 is 0 Å². The average Bonchev–Trinajstić information content (AvgIpc) is 3.23. The molecule has 43 heavy (non-hydrogen) atoms. The van der Waals surface area contributed by atoms with Gasteiger partial charge in [-0.2, -0.15) is 0 Å². The highest BCUT2D eigenvalue weighted by molar-refractivity contribution is 6.05. The Labute approximate surface area is 250 Å². The third kappa shape index (κ3) is 8.17. The zero-order valence-corrected chi connectivity index (χ0v) is 24.7. The van der Waals surface area contributed by atoms with Gasteiger partial charge in [-0.1, -0.05) is 60.7 Å². The maximum Gasteiger partial charge on any atom is 0.408 e. The molecule has 1 aliphatic rings. The number of rotatable bonds is 12. The molecule has 1 heterocycles. The predicted molar refractivity (Wildman–Crippen MR) is 156 cm³/mol. The highest BCUT2D eigenvalue weighted by Gasteiger charge is 2.69. The van der Waals surface area contributed by atoms with Crippen LogP contribution < -0.4 is 16.8 Å². The average molecular weight is 597 g/mol. The van der Waals surface area contributed by atoms with Crippen LogP contribution in [0.2, 0.25) is 0 Å². The summed E-state index contributed by atoms with van der Waals surface area (Å²) in [6, 6.07) is 16.5. The standard InChI is InChI=1S/C31H40N4O8/c1-29(2,3)43-27(39)31(41)30(33,17-18-35(31)25(37)16-10-15-21-11-6-4-7-12-21)26(38)23(19-24(32)36)34-28(40)42-20-22-13-8-5-9-14-22/h4-9,11-14,23,41H,10,15-20,33H2,1-3H3,(H2,32,36)(H,34,40)/t23-,30+,31+/m0/s1. The molecular formula is C31H40N4O8. The van der Waals surface area contributed by atoms with Gasteiger partial charge in [-0.15, -0.1) is 0 Å². The molecule has 1 fully saturated rings. The van der Waals surface area contributed by atoms with E-state index < -0.39 is 59.0 Å². The molecule has 1 aliphatic heterocycles. The van der Waals surface area contributed by atoms with Crippen LogP contribution in [0.25, 0.3) is 0 Å².